The molecular formula is C17H12ClF3N2O. The quantitative estimate of drug-likeness (QED) is 0.766. The average Bonchev–Trinajstić information content (AvgIpc) is 2.51. The second-order valence-corrected chi connectivity index (χ2v) is 5.13. The Bertz CT molecular complexity index is 794. The SMILES string of the molecule is O=C(NCC#Cc1cccc(C(F)(F)F)c1)Nc1cccc(Cl)c1. The Morgan fingerprint density at radius 2 is 1.88 bits per heavy atom. The maximum Gasteiger partial charge on any atom is 0.416 e. The van der Waals surface area contributed by atoms with Gasteiger partial charge in [0.1, 0.15) is 0 Å². The van der Waals surface area contributed by atoms with Gasteiger partial charge < -0.3 is 10.6 Å². The van der Waals surface area contributed by atoms with Crippen molar-refractivity contribution in [2.45, 2.75) is 6.18 Å². The average molecular weight is 353 g/mol. The summed E-state index contributed by atoms with van der Waals surface area (Å²) in [6, 6.07) is 10.8. The van der Waals surface area contributed by atoms with Gasteiger partial charge >= 0.3 is 12.2 Å². The van der Waals surface area contributed by atoms with E-state index in [2.05, 4.69) is 22.5 Å². The van der Waals surface area contributed by atoms with Crippen molar-refractivity contribution >= 4 is 23.3 Å². The number of anilines is 1. The molecule has 0 saturated heterocycles. The molecule has 0 spiro atoms. The van der Waals surface area contributed by atoms with Gasteiger partial charge in [-0.25, -0.2) is 4.79 Å². The molecule has 0 heterocycles. The van der Waals surface area contributed by atoms with Crippen molar-refractivity contribution in [3.8, 4) is 11.8 Å². The highest BCUT2D eigenvalue weighted by Gasteiger charge is 2.30. The number of halogens is 4. The van der Waals surface area contributed by atoms with Gasteiger partial charge in [-0.2, -0.15) is 13.2 Å². The molecule has 24 heavy (non-hydrogen) atoms. The number of benzene rings is 2. The van der Waals surface area contributed by atoms with Gasteiger partial charge in [0.15, 0.2) is 0 Å². The largest absolute Gasteiger partial charge is 0.416 e. The fraction of sp³-hybridized carbons (Fsp3) is 0.118. The molecule has 0 unspecified atom stereocenters. The van der Waals surface area contributed by atoms with Crippen LogP contribution in [-0.4, -0.2) is 12.6 Å². The first kappa shape index (κ1) is 17.7. The van der Waals surface area contributed by atoms with Gasteiger partial charge in [0.25, 0.3) is 0 Å². The van der Waals surface area contributed by atoms with Crippen LogP contribution in [0.15, 0.2) is 48.5 Å². The molecule has 7 heteroatoms. The van der Waals surface area contributed by atoms with Gasteiger partial charge in [0, 0.05) is 16.3 Å². The lowest BCUT2D eigenvalue weighted by molar-refractivity contribution is -0.137. The third kappa shape index (κ3) is 5.52. The Morgan fingerprint density at radius 3 is 2.58 bits per heavy atom. The van der Waals surface area contributed by atoms with E-state index in [1.165, 1.54) is 12.1 Å². The molecule has 0 saturated carbocycles. The van der Waals surface area contributed by atoms with Gasteiger partial charge in [0.05, 0.1) is 12.1 Å². The Hall–Kier alpha value is -2.65. The number of hydrogen-bond acceptors (Lipinski definition) is 1. The third-order valence-corrected chi connectivity index (χ3v) is 3.08. The maximum atomic E-state index is 12.6. The van der Waals surface area contributed by atoms with Crippen LogP contribution in [-0.2, 0) is 6.18 Å². The first-order valence-corrected chi connectivity index (χ1v) is 7.19. The molecule has 2 amide bonds. The minimum Gasteiger partial charge on any atom is -0.327 e. The Balaban J connectivity index is 1.89. The summed E-state index contributed by atoms with van der Waals surface area (Å²) >= 11 is 5.79. The van der Waals surface area contributed by atoms with Crippen LogP contribution >= 0.6 is 11.6 Å². The number of amides is 2. The van der Waals surface area contributed by atoms with Crippen LogP contribution in [0.3, 0.4) is 0 Å². The fourth-order valence-corrected chi connectivity index (χ4v) is 1.98. The van der Waals surface area contributed by atoms with E-state index in [0.29, 0.717) is 10.7 Å². The number of rotatable bonds is 2. The zero-order valence-corrected chi connectivity index (χ0v) is 13.0. The molecule has 0 aromatic heterocycles. The van der Waals surface area contributed by atoms with Crippen molar-refractivity contribution in [2.75, 3.05) is 11.9 Å². The molecule has 0 aliphatic carbocycles. The monoisotopic (exact) mass is 352 g/mol. The molecular weight excluding hydrogens is 341 g/mol. The van der Waals surface area contributed by atoms with Crippen molar-refractivity contribution in [3.63, 3.8) is 0 Å². The summed E-state index contributed by atoms with van der Waals surface area (Å²) < 4.78 is 37.7. The van der Waals surface area contributed by atoms with E-state index in [4.69, 9.17) is 11.6 Å². The molecule has 0 radical (unpaired) electrons. The van der Waals surface area contributed by atoms with Crippen LogP contribution in [0, 0.1) is 11.8 Å². The van der Waals surface area contributed by atoms with Gasteiger partial charge in [0.2, 0.25) is 0 Å². The second kappa shape index (κ2) is 7.75. The van der Waals surface area contributed by atoms with Crippen LogP contribution < -0.4 is 10.6 Å². The topological polar surface area (TPSA) is 41.1 Å². The van der Waals surface area contributed by atoms with Crippen molar-refractivity contribution < 1.29 is 18.0 Å². The zero-order valence-electron chi connectivity index (χ0n) is 12.2. The van der Waals surface area contributed by atoms with E-state index in [-0.39, 0.29) is 12.1 Å². The number of urea groups is 1. The van der Waals surface area contributed by atoms with Crippen molar-refractivity contribution in [2.24, 2.45) is 0 Å². The molecule has 2 N–H and O–H groups in total. The standard InChI is InChI=1S/C17H12ClF3N2O/c18-14-7-2-8-15(11-14)23-16(24)22-9-3-5-12-4-1-6-13(10-12)17(19,20)21/h1-2,4,6-8,10-11H,9H2,(H2,22,23,24). The molecule has 0 aliphatic heterocycles. The van der Waals surface area contributed by atoms with E-state index >= 15 is 0 Å². The minimum atomic E-state index is -4.41. The zero-order chi connectivity index (χ0) is 17.6. The molecule has 2 aromatic rings. The lowest BCUT2D eigenvalue weighted by atomic mass is 10.1. The van der Waals surface area contributed by atoms with Gasteiger partial charge in [-0.3, -0.25) is 0 Å². The smallest absolute Gasteiger partial charge is 0.327 e. The maximum absolute atomic E-state index is 12.6. The fourth-order valence-electron chi connectivity index (χ4n) is 1.79. The van der Waals surface area contributed by atoms with Crippen LogP contribution in [0.4, 0.5) is 23.7 Å². The van der Waals surface area contributed by atoms with Crippen LogP contribution in [0.25, 0.3) is 0 Å². The first-order chi connectivity index (χ1) is 11.3. The van der Waals surface area contributed by atoms with E-state index in [1.54, 1.807) is 24.3 Å². The van der Waals surface area contributed by atoms with Gasteiger partial charge in [-0.05, 0) is 36.4 Å². The van der Waals surface area contributed by atoms with Crippen molar-refractivity contribution in [1.29, 1.82) is 0 Å². The van der Waals surface area contributed by atoms with Crippen molar-refractivity contribution in [1.82, 2.24) is 5.32 Å². The van der Waals surface area contributed by atoms with Crippen molar-refractivity contribution in [3.05, 3.63) is 64.7 Å². The molecule has 0 fully saturated rings. The van der Waals surface area contributed by atoms with Gasteiger partial charge in [-0.1, -0.05) is 35.6 Å². The second-order valence-electron chi connectivity index (χ2n) is 4.70. The Kier molecular flexibility index (Phi) is 5.72. The molecule has 0 bridgehead atoms. The summed E-state index contributed by atoms with van der Waals surface area (Å²) in [5, 5.41) is 5.52. The Labute approximate surface area is 141 Å². The highest BCUT2D eigenvalue weighted by atomic mass is 35.5. The lowest BCUT2D eigenvalue weighted by Crippen LogP contribution is -2.28. The predicted octanol–water partition coefficient (Wildman–Crippen LogP) is 4.53. The lowest BCUT2D eigenvalue weighted by Gasteiger charge is -2.06. The highest BCUT2D eigenvalue weighted by Crippen LogP contribution is 2.29. The number of carbonyl (C=O) groups excluding carboxylic acids is 1. The molecule has 2 rings (SSSR count). The van der Waals surface area contributed by atoms with Crippen LogP contribution in [0.1, 0.15) is 11.1 Å². The van der Waals surface area contributed by atoms with E-state index in [1.807, 2.05) is 0 Å². The van der Waals surface area contributed by atoms with E-state index in [9.17, 15) is 18.0 Å². The molecule has 3 nitrogen and oxygen atoms in total. The number of nitrogens with one attached hydrogen (secondary N) is 2. The molecule has 2 aromatic carbocycles. The summed E-state index contributed by atoms with van der Waals surface area (Å²) in [6.07, 6.45) is -4.41. The van der Waals surface area contributed by atoms with E-state index < -0.39 is 17.8 Å². The Morgan fingerprint density at radius 1 is 1.12 bits per heavy atom. The summed E-state index contributed by atoms with van der Waals surface area (Å²) in [4.78, 5) is 11.6. The van der Waals surface area contributed by atoms with Gasteiger partial charge in [-0.15, -0.1) is 0 Å². The van der Waals surface area contributed by atoms with Crippen LogP contribution in [0.2, 0.25) is 5.02 Å². The number of carbonyl (C=O) groups is 1. The molecule has 124 valence electrons. The summed E-state index contributed by atoms with van der Waals surface area (Å²) in [7, 11) is 0. The highest BCUT2D eigenvalue weighted by molar-refractivity contribution is 6.30. The minimum absolute atomic E-state index is 0.0113. The van der Waals surface area contributed by atoms with Crippen LogP contribution in [0.5, 0.6) is 0 Å². The number of alkyl halides is 3. The predicted molar refractivity (Wildman–Crippen MR) is 86.8 cm³/mol. The summed E-state index contributed by atoms with van der Waals surface area (Å²) in [5.74, 6) is 5.16. The third-order valence-electron chi connectivity index (χ3n) is 2.84. The summed E-state index contributed by atoms with van der Waals surface area (Å²) in [5.41, 5.74) is -0.0197. The molecule has 0 atom stereocenters. The summed E-state index contributed by atoms with van der Waals surface area (Å²) in [6.45, 7) is -0.0113. The first-order valence-electron chi connectivity index (χ1n) is 6.81. The molecule has 0 aliphatic rings. The number of hydrogen-bond donors (Lipinski definition) is 2. The van der Waals surface area contributed by atoms with E-state index in [0.717, 1.165) is 12.1 Å². The normalized spacial score (nSPS) is 10.5.